The van der Waals surface area contributed by atoms with Crippen LogP contribution in [0.2, 0.25) is 5.02 Å². The number of rotatable bonds is 14. The number of nitrogens with two attached hydrogens (primary N) is 1. The Bertz CT molecular complexity index is 1400. The number of nitrogens with zero attached hydrogens (tertiary/aromatic N) is 1. The molecule has 2 atom stereocenters. The summed E-state index contributed by atoms with van der Waals surface area (Å²) in [4.78, 5) is 58.6. The van der Waals surface area contributed by atoms with Gasteiger partial charge in [-0.15, -0.1) is 0 Å². The van der Waals surface area contributed by atoms with Crippen LogP contribution in [-0.4, -0.2) is 64.0 Å². The van der Waals surface area contributed by atoms with Crippen molar-refractivity contribution in [1.82, 2.24) is 15.8 Å². The normalized spacial score (nSPS) is 12.1. The Balaban J connectivity index is 1.58. The number of hydrogen-bond donors (Lipinski definition) is 5. The van der Waals surface area contributed by atoms with Gasteiger partial charge in [-0.05, 0) is 6.42 Å². The van der Waals surface area contributed by atoms with Crippen molar-refractivity contribution < 1.29 is 38.7 Å². The van der Waals surface area contributed by atoms with Crippen molar-refractivity contribution >= 4 is 48.2 Å². The van der Waals surface area contributed by atoms with Crippen molar-refractivity contribution in [1.29, 1.82) is 0 Å². The molecule has 3 amide bonds. The molecule has 0 fully saturated rings. The summed E-state index contributed by atoms with van der Waals surface area (Å²) in [5.41, 5.74) is 8.47. The van der Waals surface area contributed by atoms with Crippen LogP contribution in [0.1, 0.15) is 31.4 Å². The summed E-state index contributed by atoms with van der Waals surface area (Å²) in [7, 11) is 0. The van der Waals surface area contributed by atoms with E-state index >= 15 is 0 Å². The number of hydrogen-bond acceptors (Lipinski definition) is 7. The Morgan fingerprint density at radius 2 is 1.75 bits per heavy atom. The van der Waals surface area contributed by atoms with E-state index in [1.165, 1.54) is 0 Å². The van der Waals surface area contributed by atoms with Gasteiger partial charge in [-0.25, -0.2) is 0 Å². The van der Waals surface area contributed by atoms with Gasteiger partial charge in [-0.2, -0.15) is 0 Å². The van der Waals surface area contributed by atoms with E-state index in [1.807, 2.05) is 43.2 Å². The molecular formula is C26H26BClN4O8. The Morgan fingerprint density at radius 1 is 0.975 bits per heavy atom. The molecule has 0 radical (unpaired) electrons. The molecule has 6 N–H and O–H groups in total. The molecule has 12 nitrogen and oxygen atoms in total. The molecule has 1 aromatic carbocycles. The van der Waals surface area contributed by atoms with Crippen molar-refractivity contribution in [2.45, 2.75) is 44.2 Å². The summed E-state index contributed by atoms with van der Waals surface area (Å²) in [5, 5.41) is 27.1. The van der Waals surface area contributed by atoms with Crippen LogP contribution in [0.3, 0.4) is 0 Å². The molecule has 0 bridgehead atoms. The predicted molar refractivity (Wildman–Crippen MR) is 144 cm³/mol. The van der Waals surface area contributed by atoms with Crippen LogP contribution in [0.4, 0.5) is 0 Å². The monoisotopic (exact) mass is 568 g/mol. The van der Waals surface area contributed by atoms with Gasteiger partial charge < -0.3 is 10.8 Å². The first-order valence-corrected chi connectivity index (χ1v) is 12.5. The third kappa shape index (κ3) is 9.05. The number of carboxylic acid groups (broad SMARTS) is 2. The second kappa shape index (κ2) is 14.0. The second-order valence-electron chi connectivity index (χ2n) is 8.88. The summed E-state index contributed by atoms with van der Waals surface area (Å²) >= 11 is 6.06. The maximum atomic E-state index is 12.6. The SMILES string of the molecule is NC(=O)C(CCC(=O)O)NC(=O)C(CC(=O)O)NC(=O)CCc1cc(-c2bcc(-c3cccc(Cl)c3)cc2)no1. The molecule has 14 heteroatoms. The Morgan fingerprint density at radius 3 is 2.38 bits per heavy atom. The number of carboxylic acids is 2. The average Bonchev–Trinajstić information content (AvgIpc) is 3.38. The van der Waals surface area contributed by atoms with Gasteiger partial charge in [0.25, 0.3) is 0 Å². The second-order valence-corrected chi connectivity index (χ2v) is 9.32. The molecule has 0 saturated carbocycles. The summed E-state index contributed by atoms with van der Waals surface area (Å²) in [5.74, 6) is -2.88. The van der Waals surface area contributed by atoms with Gasteiger partial charge in [0, 0.05) is 6.42 Å². The third-order valence-electron chi connectivity index (χ3n) is 5.83. The summed E-state index contributed by atoms with van der Waals surface area (Å²) in [6, 6.07) is 10.1. The van der Waals surface area contributed by atoms with Crippen LogP contribution in [0, 0.1) is 0 Å². The van der Waals surface area contributed by atoms with Gasteiger partial charge in [-0.1, -0.05) is 0 Å². The first-order valence-electron chi connectivity index (χ1n) is 12.2. The Kier molecular flexibility index (Phi) is 10.5. The van der Waals surface area contributed by atoms with Crippen molar-refractivity contribution in [2.75, 3.05) is 0 Å². The third-order valence-corrected chi connectivity index (χ3v) is 6.07. The number of carbonyl (C=O) groups is 5. The van der Waals surface area contributed by atoms with Gasteiger partial charge in [0.15, 0.2) is 0 Å². The summed E-state index contributed by atoms with van der Waals surface area (Å²) < 4.78 is 5.32. The average molecular weight is 569 g/mol. The van der Waals surface area contributed by atoms with Gasteiger partial charge in [0.05, 0.1) is 0 Å². The van der Waals surface area contributed by atoms with Crippen LogP contribution in [-0.2, 0) is 30.4 Å². The molecule has 0 aliphatic rings. The number of aliphatic carboxylic acids is 2. The van der Waals surface area contributed by atoms with Crippen molar-refractivity contribution in [3.05, 3.63) is 59.2 Å². The van der Waals surface area contributed by atoms with E-state index in [1.54, 1.807) is 12.1 Å². The number of nitrogens with one attached hydrogen (secondary N) is 2. The van der Waals surface area contributed by atoms with Crippen LogP contribution in [0.25, 0.3) is 22.3 Å². The minimum atomic E-state index is -1.51. The molecule has 0 spiro atoms. The maximum absolute atomic E-state index is 12.6. The zero-order valence-corrected chi connectivity index (χ0v) is 21.9. The standard InChI is InChI=1S/C26H26BClN4O8/c28-16-3-1-2-14(10-16)15-4-6-18(27-13-15)20-11-17(40-32-20)5-8-22(33)30-21(12-24(36)37)26(39)31-19(25(29)38)7-9-23(34)35/h1-4,6,10-11,13,19,21H,5,7-9,12H2,(H2,29,38)(H,30,33)(H,31,39)(H,34,35)(H,36,37). The quantitative estimate of drug-likeness (QED) is 0.192. The number of primary amides is 1. The van der Waals surface area contributed by atoms with E-state index < -0.39 is 54.6 Å². The first-order chi connectivity index (χ1) is 19.0. The van der Waals surface area contributed by atoms with Crippen LogP contribution < -0.4 is 16.4 Å². The van der Waals surface area contributed by atoms with Crippen LogP contribution in [0.5, 0.6) is 0 Å². The van der Waals surface area contributed by atoms with Crippen LogP contribution in [0.15, 0.2) is 52.9 Å². The van der Waals surface area contributed by atoms with E-state index in [2.05, 4.69) is 15.8 Å². The van der Waals surface area contributed by atoms with E-state index in [9.17, 15) is 24.0 Å². The van der Waals surface area contributed by atoms with E-state index in [-0.39, 0.29) is 19.3 Å². The fourth-order valence-electron chi connectivity index (χ4n) is 3.78. The van der Waals surface area contributed by atoms with Gasteiger partial charge >= 0.3 is 195 Å². The molecule has 208 valence electrons. The summed E-state index contributed by atoms with van der Waals surface area (Å²) in [6.07, 6.45) is -1.54. The molecule has 40 heavy (non-hydrogen) atoms. The Hall–Kier alpha value is -4.52. The van der Waals surface area contributed by atoms with E-state index in [4.69, 9.17) is 32.1 Å². The number of amides is 3. The number of aromatic nitrogens is 1. The minimum absolute atomic E-state index is 0.114. The Labute approximate surface area is 234 Å². The first kappa shape index (κ1) is 30.0. The van der Waals surface area contributed by atoms with Crippen LogP contribution >= 0.6 is 11.6 Å². The number of benzene rings is 1. The fourth-order valence-corrected chi connectivity index (χ4v) is 3.97. The zero-order valence-electron chi connectivity index (χ0n) is 21.1. The zero-order chi connectivity index (χ0) is 29.2. The number of halogens is 1. The predicted octanol–water partition coefficient (Wildman–Crippen LogP) is 1.73. The molecule has 0 aliphatic heterocycles. The van der Waals surface area contributed by atoms with Gasteiger partial charge in [0.2, 0.25) is 5.91 Å². The van der Waals surface area contributed by atoms with Gasteiger partial charge in [-0.3, -0.25) is 9.59 Å². The van der Waals surface area contributed by atoms with Crippen molar-refractivity contribution in [3.8, 4) is 22.3 Å². The molecule has 0 aliphatic carbocycles. The molecule has 3 rings (SSSR count). The number of carbonyl (C=O) groups excluding carboxylic acids is 3. The molecule has 2 heterocycles. The van der Waals surface area contributed by atoms with Crippen molar-refractivity contribution in [3.63, 3.8) is 0 Å². The number of aryl methyl sites for hydroxylation is 1. The molecule has 2 unspecified atom stereocenters. The topological polar surface area (TPSA) is 202 Å². The molecular weight excluding hydrogens is 543 g/mol. The summed E-state index contributed by atoms with van der Waals surface area (Å²) in [6.45, 7) is 1.87. The molecule has 0 saturated heterocycles. The fraction of sp³-hybridized carbons (Fsp3) is 0.269. The van der Waals surface area contributed by atoms with Crippen molar-refractivity contribution in [2.24, 2.45) is 5.73 Å². The van der Waals surface area contributed by atoms with E-state index in [0.29, 0.717) is 16.5 Å². The molecule has 2 aromatic heterocycles. The van der Waals surface area contributed by atoms with E-state index in [0.717, 1.165) is 16.6 Å². The van der Waals surface area contributed by atoms with Gasteiger partial charge in [0.1, 0.15) is 0 Å². The molecule has 3 aromatic rings.